The zero-order valence-corrected chi connectivity index (χ0v) is 13.0. The van der Waals surface area contributed by atoms with Gasteiger partial charge < -0.3 is 14.5 Å². The van der Waals surface area contributed by atoms with Gasteiger partial charge in [-0.3, -0.25) is 4.79 Å². The second kappa shape index (κ2) is 5.86. The van der Waals surface area contributed by atoms with Crippen LogP contribution in [0.3, 0.4) is 0 Å². The van der Waals surface area contributed by atoms with Crippen LogP contribution >= 0.6 is 0 Å². The molecule has 0 spiro atoms. The van der Waals surface area contributed by atoms with Crippen molar-refractivity contribution in [1.29, 1.82) is 0 Å². The highest BCUT2D eigenvalue weighted by Crippen LogP contribution is 2.29. The molecule has 7 nitrogen and oxygen atoms in total. The van der Waals surface area contributed by atoms with Gasteiger partial charge >= 0.3 is 0 Å². The number of anilines is 1. The number of amides is 1. The van der Waals surface area contributed by atoms with Crippen molar-refractivity contribution < 1.29 is 17.9 Å². The van der Waals surface area contributed by atoms with Crippen molar-refractivity contribution in [3.05, 3.63) is 23.8 Å². The molecule has 2 N–H and O–H groups in total. The van der Waals surface area contributed by atoms with E-state index in [2.05, 4.69) is 0 Å². The van der Waals surface area contributed by atoms with Gasteiger partial charge in [-0.15, -0.1) is 0 Å². The molecule has 1 saturated heterocycles. The molecular weight excluding hydrogens is 306 g/mol. The molecule has 1 fully saturated rings. The van der Waals surface area contributed by atoms with Crippen LogP contribution in [0.2, 0.25) is 0 Å². The number of rotatable bonds is 3. The monoisotopic (exact) mass is 325 g/mol. The number of fused-ring (bicyclic) bond motifs is 1. The molecule has 1 aromatic rings. The van der Waals surface area contributed by atoms with Gasteiger partial charge in [-0.05, 0) is 30.2 Å². The highest BCUT2D eigenvalue weighted by atomic mass is 32.2. The molecule has 2 aliphatic heterocycles. The maximum absolute atomic E-state index is 12.3. The molecular formula is C14H19N3O4S. The predicted octanol–water partition coefficient (Wildman–Crippen LogP) is -0.445. The number of nitrogens with zero attached hydrogens (tertiary/aromatic N) is 2. The third kappa shape index (κ3) is 3.08. The Morgan fingerprint density at radius 3 is 2.64 bits per heavy atom. The van der Waals surface area contributed by atoms with E-state index in [1.165, 1.54) is 6.07 Å². The molecule has 0 saturated carbocycles. The van der Waals surface area contributed by atoms with E-state index >= 15 is 0 Å². The summed E-state index contributed by atoms with van der Waals surface area (Å²) in [5.74, 6) is 0.0756. The summed E-state index contributed by atoms with van der Waals surface area (Å²) in [6, 6.07) is 4.82. The lowest BCUT2D eigenvalue weighted by Crippen LogP contribution is -2.45. The third-order valence-electron chi connectivity index (χ3n) is 4.06. The number of hydrogen-bond acceptors (Lipinski definition) is 5. The summed E-state index contributed by atoms with van der Waals surface area (Å²) >= 11 is 0. The van der Waals surface area contributed by atoms with E-state index in [0.29, 0.717) is 39.4 Å². The molecule has 0 bridgehead atoms. The van der Waals surface area contributed by atoms with Crippen LogP contribution < -0.4 is 10.0 Å². The lowest BCUT2D eigenvalue weighted by Gasteiger charge is -2.29. The number of benzene rings is 1. The van der Waals surface area contributed by atoms with Crippen molar-refractivity contribution in [1.82, 2.24) is 4.90 Å². The van der Waals surface area contributed by atoms with Crippen LogP contribution in [0.1, 0.15) is 5.56 Å². The number of carbonyl (C=O) groups is 1. The Morgan fingerprint density at radius 1 is 1.23 bits per heavy atom. The van der Waals surface area contributed by atoms with E-state index in [9.17, 15) is 13.2 Å². The van der Waals surface area contributed by atoms with Crippen LogP contribution in [0.5, 0.6) is 0 Å². The van der Waals surface area contributed by atoms with Crippen LogP contribution in [0.25, 0.3) is 0 Å². The van der Waals surface area contributed by atoms with Crippen molar-refractivity contribution in [2.75, 3.05) is 44.3 Å². The molecule has 0 aromatic heterocycles. The van der Waals surface area contributed by atoms with Crippen molar-refractivity contribution in [2.24, 2.45) is 5.14 Å². The number of carbonyl (C=O) groups excluding carboxylic acids is 1. The number of nitrogens with two attached hydrogens (primary N) is 1. The summed E-state index contributed by atoms with van der Waals surface area (Å²) in [4.78, 5) is 16.2. The fourth-order valence-corrected chi connectivity index (χ4v) is 3.43. The Morgan fingerprint density at radius 2 is 1.95 bits per heavy atom. The van der Waals surface area contributed by atoms with Crippen LogP contribution in [-0.4, -0.2) is 58.6 Å². The van der Waals surface area contributed by atoms with Gasteiger partial charge in [-0.2, -0.15) is 0 Å². The normalized spacial score (nSPS) is 18.4. The topological polar surface area (TPSA) is 92.9 Å². The van der Waals surface area contributed by atoms with E-state index in [1.54, 1.807) is 17.0 Å². The van der Waals surface area contributed by atoms with Crippen molar-refractivity contribution >= 4 is 21.6 Å². The van der Waals surface area contributed by atoms with Crippen molar-refractivity contribution in [3.63, 3.8) is 0 Å². The van der Waals surface area contributed by atoms with Gasteiger partial charge in [0.1, 0.15) is 0 Å². The highest BCUT2D eigenvalue weighted by molar-refractivity contribution is 7.89. The minimum absolute atomic E-state index is 0.0756. The molecule has 0 radical (unpaired) electrons. The van der Waals surface area contributed by atoms with Crippen LogP contribution in [0.15, 0.2) is 23.1 Å². The number of primary sulfonamides is 1. The summed E-state index contributed by atoms with van der Waals surface area (Å²) in [5, 5.41) is 5.15. The maximum Gasteiger partial charge on any atom is 0.242 e. The first-order valence-electron chi connectivity index (χ1n) is 7.21. The Hall–Kier alpha value is -1.64. The van der Waals surface area contributed by atoms with Crippen LogP contribution in [-0.2, 0) is 26.0 Å². The quantitative estimate of drug-likeness (QED) is 0.813. The Bertz CT molecular complexity index is 683. The van der Waals surface area contributed by atoms with E-state index < -0.39 is 10.0 Å². The molecule has 2 heterocycles. The molecule has 1 aromatic carbocycles. The summed E-state index contributed by atoms with van der Waals surface area (Å²) in [6.07, 6.45) is 0.717. The smallest absolute Gasteiger partial charge is 0.242 e. The zero-order valence-electron chi connectivity index (χ0n) is 12.2. The largest absolute Gasteiger partial charge is 0.378 e. The average Bonchev–Trinajstić information content (AvgIpc) is 2.89. The molecule has 0 aliphatic carbocycles. The minimum Gasteiger partial charge on any atom is -0.378 e. The van der Waals surface area contributed by atoms with Gasteiger partial charge in [0.05, 0.1) is 24.7 Å². The maximum atomic E-state index is 12.3. The molecule has 0 unspecified atom stereocenters. The van der Waals surface area contributed by atoms with E-state index in [-0.39, 0.29) is 10.8 Å². The van der Waals surface area contributed by atoms with E-state index in [1.807, 2.05) is 4.90 Å². The van der Waals surface area contributed by atoms with Crippen molar-refractivity contribution in [3.8, 4) is 0 Å². The lowest BCUT2D eigenvalue weighted by molar-refractivity contribution is -0.133. The summed E-state index contributed by atoms with van der Waals surface area (Å²) in [5.41, 5.74) is 1.83. The van der Waals surface area contributed by atoms with Gasteiger partial charge in [-0.1, -0.05) is 0 Å². The summed E-state index contributed by atoms with van der Waals surface area (Å²) < 4.78 is 28.0. The standard InChI is InChI=1S/C14H19N3O4S/c15-22(19,20)12-1-2-13-11(9-12)3-4-17(13)10-14(18)16-5-7-21-8-6-16/h1-2,9H,3-8,10H2,(H2,15,19,20). The Labute approximate surface area is 129 Å². The van der Waals surface area contributed by atoms with Gasteiger partial charge in [0.25, 0.3) is 0 Å². The third-order valence-corrected chi connectivity index (χ3v) is 4.97. The van der Waals surface area contributed by atoms with E-state index in [0.717, 1.165) is 17.7 Å². The fourth-order valence-electron chi connectivity index (χ4n) is 2.86. The fraction of sp³-hybridized carbons (Fsp3) is 0.500. The first-order valence-corrected chi connectivity index (χ1v) is 8.76. The first-order chi connectivity index (χ1) is 10.4. The number of ether oxygens (including phenoxy) is 1. The lowest BCUT2D eigenvalue weighted by atomic mass is 10.2. The average molecular weight is 325 g/mol. The predicted molar refractivity (Wildman–Crippen MR) is 81.1 cm³/mol. The second-order valence-electron chi connectivity index (χ2n) is 5.50. The molecule has 120 valence electrons. The first kappa shape index (κ1) is 15.3. The number of morpholine rings is 1. The molecule has 3 rings (SSSR count). The zero-order chi connectivity index (χ0) is 15.7. The molecule has 1 amide bonds. The molecule has 0 atom stereocenters. The molecule has 22 heavy (non-hydrogen) atoms. The summed E-state index contributed by atoms with van der Waals surface area (Å²) in [7, 11) is -3.69. The van der Waals surface area contributed by atoms with Gasteiger partial charge in [0.15, 0.2) is 0 Å². The highest BCUT2D eigenvalue weighted by Gasteiger charge is 2.25. The molecule has 8 heteroatoms. The van der Waals surface area contributed by atoms with Gasteiger partial charge in [0.2, 0.25) is 15.9 Å². The van der Waals surface area contributed by atoms with Gasteiger partial charge in [-0.25, -0.2) is 13.6 Å². The Balaban J connectivity index is 1.73. The number of hydrogen-bond donors (Lipinski definition) is 1. The number of sulfonamides is 1. The van der Waals surface area contributed by atoms with Crippen LogP contribution in [0, 0.1) is 0 Å². The minimum atomic E-state index is -3.69. The summed E-state index contributed by atoms with van der Waals surface area (Å²) in [6.45, 7) is 3.44. The van der Waals surface area contributed by atoms with Crippen molar-refractivity contribution in [2.45, 2.75) is 11.3 Å². The SMILES string of the molecule is NS(=O)(=O)c1ccc2c(c1)CCN2CC(=O)N1CCOCC1. The van der Waals surface area contributed by atoms with Gasteiger partial charge in [0, 0.05) is 25.3 Å². The van der Waals surface area contributed by atoms with E-state index in [4.69, 9.17) is 9.88 Å². The second-order valence-corrected chi connectivity index (χ2v) is 7.06. The van der Waals surface area contributed by atoms with Crippen LogP contribution in [0.4, 0.5) is 5.69 Å². The molecule has 2 aliphatic rings. The Kier molecular flexibility index (Phi) is 4.07.